The van der Waals surface area contributed by atoms with Gasteiger partial charge in [-0.2, -0.15) is 0 Å². The summed E-state index contributed by atoms with van der Waals surface area (Å²) in [5, 5.41) is 8.25. The monoisotopic (exact) mass is 453 g/mol. The molecule has 3 aromatic heterocycles. The lowest BCUT2D eigenvalue weighted by Gasteiger charge is -2.06. The Morgan fingerprint density at radius 2 is 1.94 bits per heavy atom. The predicted molar refractivity (Wildman–Crippen MR) is 119 cm³/mol. The number of aromatic nitrogens is 7. The minimum Gasteiger partial charge on any atom is -0.457 e. The fourth-order valence-electron chi connectivity index (χ4n) is 3.53. The minimum absolute atomic E-state index is 0.00820. The number of carbonyl (C=O) groups excluding carboxylic acids is 1. The highest BCUT2D eigenvalue weighted by atomic mass is 16.5. The molecule has 3 heterocycles. The van der Waals surface area contributed by atoms with Crippen LogP contribution in [0, 0.1) is 0 Å². The topological polar surface area (TPSA) is 147 Å². The van der Waals surface area contributed by atoms with Crippen LogP contribution >= 0.6 is 0 Å². The largest absolute Gasteiger partial charge is 0.457 e. The molecule has 0 aliphatic carbocycles. The number of esters is 1. The van der Waals surface area contributed by atoms with Gasteiger partial charge < -0.3 is 9.30 Å². The number of carbonyl (C=O) groups is 1. The van der Waals surface area contributed by atoms with E-state index in [9.17, 15) is 19.2 Å². The van der Waals surface area contributed by atoms with Crippen LogP contribution < -0.4 is 16.8 Å². The standard InChI is InChI=1S/C21H23N7O5/c1-3-4-10-27-18-17(19(30)23-21(27)32)26(2)15(22-18)12-33-16(29)9-11-28-20(31)13-7-5-6-8-14(13)24-25-28/h5-8H,3-4,9-12H2,1-2H3,(H,23,30,32). The van der Waals surface area contributed by atoms with Gasteiger partial charge in [0.1, 0.15) is 17.9 Å². The van der Waals surface area contributed by atoms with Gasteiger partial charge >= 0.3 is 11.7 Å². The molecule has 1 N–H and O–H groups in total. The highest BCUT2D eigenvalue weighted by molar-refractivity contribution is 5.76. The first-order valence-electron chi connectivity index (χ1n) is 10.6. The third-order valence-electron chi connectivity index (χ3n) is 5.36. The molecule has 12 heteroatoms. The highest BCUT2D eigenvalue weighted by Gasteiger charge is 2.17. The van der Waals surface area contributed by atoms with E-state index in [4.69, 9.17) is 4.74 Å². The van der Waals surface area contributed by atoms with Gasteiger partial charge in [0.25, 0.3) is 11.1 Å². The molecule has 4 rings (SSSR count). The van der Waals surface area contributed by atoms with E-state index in [1.165, 1.54) is 9.13 Å². The van der Waals surface area contributed by atoms with E-state index in [1.807, 2.05) is 6.92 Å². The van der Waals surface area contributed by atoms with E-state index in [1.54, 1.807) is 31.3 Å². The molecule has 33 heavy (non-hydrogen) atoms. The molecule has 0 atom stereocenters. The normalized spacial score (nSPS) is 11.3. The maximum atomic E-state index is 12.5. The van der Waals surface area contributed by atoms with E-state index >= 15 is 0 Å². The Bertz CT molecular complexity index is 1510. The summed E-state index contributed by atoms with van der Waals surface area (Å²) in [6.45, 7) is 2.23. The van der Waals surface area contributed by atoms with Gasteiger partial charge in [-0.25, -0.2) is 14.5 Å². The summed E-state index contributed by atoms with van der Waals surface area (Å²) in [5.74, 6) is -0.247. The number of aryl methyl sites for hydroxylation is 3. The number of nitrogens with one attached hydrogen (secondary N) is 1. The Morgan fingerprint density at radius 3 is 2.73 bits per heavy atom. The molecule has 0 amide bonds. The Morgan fingerprint density at radius 1 is 1.15 bits per heavy atom. The van der Waals surface area contributed by atoms with Gasteiger partial charge in [0, 0.05) is 13.6 Å². The molecule has 0 saturated heterocycles. The molecule has 0 radical (unpaired) electrons. The molecule has 4 aromatic rings. The van der Waals surface area contributed by atoms with Crippen molar-refractivity contribution in [2.75, 3.05) is 0 Å². The van der Waals surface area contributed by atoms with Crippen LogP contribution in [-0.4, -0.2) is 40.1 Å². The number of aromatic amines is 1. The van der Waals surface area contributed by atoms with Gasteiger partial charge in [0.05, 0.1) is 18.4 Å². The molecule has 0 fully saturated rings. The van der Waals surface area contributed by atoms with Crippen LogP contribution in [-0.2, 0) is 36.3 Å². The van der Waals surface area contributed by atoms with Crippen LogP contribution in [0.15, 0.2) is 38.6 Å². The molecule has 172 valence electrons. The zero-order chi connectivity index (χ0) is 23.5. The number of ether oxygens (including phenoxy) is 1. The van der Waals surface area contributed by atoms with Crippen molar-refractivity contribution in [2.24, 2.45) is 7.05 Å². The van der Waals surface area contributed by atoms with Crippen molar-refractivity contribution >= 4 is 28.0 Å². The van der Waals surface area contributed by atoms with Gasteiger partial charge in [0.15, 0.2) is 11.2 Å². The van der Waals surface area contributed by atoms with Crippen molar-refractivity contribution in [3.8, 4) is 0 Å². The summed E-state index contributed by atoms with van der Waals surface area (Å²) in [6.07, 6.45) is 1.52. The van der Waals surface area contributed by atoms with Crippen LogP contribution in [0.5, 0.6) is 0 Å². The number of unbranched alkanes of at least 4 members (excludes halogenated alkanes) is 1. The van der Waals surface area contributed by atoms with E-state index < -0.39 is 17.2 Å². The summed E-state index contributed by atoms with van der Waals surface area (Å²) in [6, 6.07) is 6.82. The lowest BCUT2D eigenvalue weighted by atomic mass is 10.2. The Kier molecular flexibility index (Phi) is 6.16. The Labute approximate surface area is 186 Å². The maximum absolute atomic E-state index is 12.5. The van der Waals surface area contributed by atoms with Crippen molar-refractivity contribution in [1.29, 1.82) is 0 Å². The molecule has 0 bridgehead atoms. The van der Waals surface area contributed by atoms with Gasteiger partial charge in [-0.3, -0.25) is 23.9 Å². The third kappa shape index (κ3) is 4.31. The quantitative estimate of drug-likeness (QED) is 0.379. The van der Waals surface area contributed by atoms with Crippen molar-refractivity contribution in [3.63, 3.8) is 0 Å². The summed E-state index contributed by atoms with van der Waals surface area (Å²) >= 11 is 0. The molecular formula is C21H23N7O5. The first-order chi connectivity index (χ1) is 15.9. The first-order valence-corrected chi connectivity index (χ1v) is 10.6. The lowest BCUT2D eigenvalue weighted by molar-refractivity contribution is -0.145. The zero-order valence-corrected chi connectivity index (χ0v) is 18.3. The van der Waals surface area contributed by atoms with E-state index in [0.29, 0.717) is 23.3 Å². The van der Waals surface area contributed by atoms with Gasteiger partial charge in [-0.05, 0) is 18.6 Å². The summed E-state index contributed by atoms with van der Waals surface area (Å²) in [4.78, 5) is 55.9. The van der Waals surface area contributed by atoms with Crippen LogP contribution in [0.25, 0.3) is 22.1 Å². The number of hydrogen-bond donors (Lipinski definition) is 1. The summed E-state index contributed by atoms with van der Waals surface area (Å²) < 4.78 is 9.32. The molecule has 0 aliphatic rings. The second-order valence-electron chi connectivity index (χ2n) is 7.57. The zero-order valence-electron chi connectivity index (χ0n) is 18.3. The molecule has 0 unspecified atom stereocenters. The van der Waals surface area contributed by atoms with Crippen LogP contribution in [0.3, 0.4) is 0 Å². The lowest BCUT2D eigenvalue weighted by Crippen LogP contribution is -2.31. The number of nitrogens with zero attached hydrogens (tertiary/aromatic N) is 6. The van der Waals surface area contributed by atoms with Crippen LogP contribution in [0.1, 0.15) is 32.0 Å². The van der Waals surface area contributed by atoms with E-state index in [0.717, 1.165) is 17.5 Å². The fraction of sp³-hybridized carbons (Fsp3) is 0.381. The van der Waals surface area contributed by atoms with E-state index in [-0.39, 0.29) is 36.3 Å². The van der Waals surface area contributed by atoms with Crippen molar-refractivity contribution in [2.45, 2.75) is 45.9 Å². The van der Waals surface area contributed by atoms with Gasteiger partial charge in [-0.15, -0.1) is 5.10 Å². The summed E-state index contributed by atoms with van der Waals surface area (Å²) in [5.41, 5.74) is -0.448. The van der Waals surface area contributed by atoms with Crippen molar-refractivity contribution < 1.29 is 9.53 Å². The number of hydrogen-bond acceptors (Lipinski definition) is 8. The average Bonchev–Trinajstić information content (AvgIpc) is 3.13. The Hall–Kier alpha value is -4.09. The number of H-pyrrole nitrogens is 1. The smallest absolute Gasteiger partial charge is 0.330 e. The predicted octanol–water partition coefficient (Wildman–Crippen LogP) is 0.462. The molecule has 0 spiro atoms. The Balaban J connectivity index is 1.48. The van der Waals surface area contributed by atoms with Crippen molar-refractivity contribution in [3.05, 3.63) is 61.3 Å². The molecule has 1 aromatic carbocycles. The first kappa shape index (κ1) is 22.1. The molecule has 12 nitrogen and oxygen atoms in total. The summed E-state index contributed by atoms with van der Waals surface area (Å²) in [7, 11) is 1.62. The fourth-order valence-corrected chi connectivity index (χ4v) is 3.53. The van der Waals surface area contributed by atoms with Crippen LogP contribution in [0.4, 0.5) is 0 Å². The van der Waals surface area contributed by atoms with Crippen LogP contribution in [0.2, 0.25) is 0 Å². The number of rotatable bonds is 8. The number of benzene rings is 1. The minimum atomic E-state index is -0.568. The van der Waals surface area contributed by atoms with E-state index in [2.05, 4.69) is 20.3 Å². The third-order valence-corrected chi connectivity index (χ3v) is 5.36. The second-order valence-corrected chi connectivity index (χ2v) is 7.57. The average molecular weight is 453 g/mol. The van der Waals surface area contributed by atoms with Crippen molar-refractivity contribution in [1.82, 2.24) is 34.1 Å². The maximum Gasteiger partial charge on any atom is 0.330 e. The van der Waals surface area contributed by atoms with Gasteiger partial charge in [0.2, 0.25) is 0 Å². The SMILES string of the molecule is CCCCn1c(=O)[nH]c(=O)c2c1nc(COC(=O)CCn1nnc3ccccc3c1=O)n2C. The number of imidazole rings is 1. The number of fused-ring (bicyclic) bond motifs is 2. The second kappa shape index (κ2) is 9.18. The highest BCUT2D eigenvalue weighted by Crippen LogP contribution is 2.11. The molecule has 0 saturated carbocycles. The molecule has 0 aliphatic heterocycles. The van der Waals surface area contributed by atoms with Gasteiger partial charge in [-0.1, -0.05) is 30.7 Å². The molecular weight excluding hydrogens is 430 g/mol.